The third kappa shape index (κ3) is 2.42. The van der Waals surface area contributed by atoms with Crippen LogP contribution in [0.2, 0.25) is 0 Å². The van der Waals surface area contributed by atoms with Gasteiger partial charge in [0, 0.05) is 16.5 Å². The summed E-state index contributed by atoms with van der Waals surface area (Å²) in [5.74, 6) is -0.648. The highest BCUT2D eigenvalue weighted by molar-refractivity contribution is 8.01. The molecule has 5 heteroatoms. The molecule has 1 aromatic carbocycles. The van der Waals surface area contributed by atoms with E-state index in [0.717, 1.165) is 21.2 Å². The smallest absolute Gasteiger partial charge is 0.307 e. The van der Waals surface area contributed by atoms with E-state index in [1.54, 1.807) is 29.3 Å². The first-order valence-electron chi connectivity index (χ1n) is 5.64. The molecule has 2 atom stereocenters. The fourth-order valence-electron chi connectivity index (χ4n) is 1.98. The summed E-state index contributed by atoms with van der Waals surface area (Å²) in [6.07, 6.45) is 2.57. The zero-order valence-corrected chi connectivity index (χ0v) is 11.1. The summed E-state index contributed by atoms with van der Waals surface area (Å²) in [6, 6.07) is 8.14. The fourth-order valence-corrected chi connectivity index (χ4v) is 3.58. The van der Waals surface area contributed by atoms with Crippen molar-refractivity contribution >= 4 is 29.1 Å². The van der Waals surface area contributed by atoms with Crippen molar-refractivity contribution in [1.82, 2.24) is 4.98 Å². The Morgan fingerprint density at radius 3 is 2.72 bits per heavy atom. The Balaban J connectivity index is 1.68. The Morgan fingerprint density at radius 2 is 2.17 bits per heavy atom. The van der Waals surface area contributed by atoms with Gasteiger partial charge in [-0.2, -0.15) is 0 Å². The standard InChI is InChI=1S/C13H11NO2S2/c15-12(16)11-7-10(11)8-1-3-9(4-2-8)18-13-14-5-6-17-13/h1-6,10-11H,7H2,(H,15,16). The van der Waals surface area contributed by atoms with Gasteiger partial charge in [-0.25, -0.2) is 4.98 Å². The fraction of sp³-hybridized carbons (Fsp3) is 0.231. The second kappa shape index (κ2) is 4.74. The van der Waals surface area contributed by atoms with Gasteiger partial charge in [-0.05, 0) is 30.0 Å². The first kappa shape index (κ1) is 11.7. The summed E-state index contributed by atoms with van der Waals surface area (Å²) in [4.78, 5) is 16.2. The van der Waals surface area contributed by atoms with Gasteiger partial charge in [-0.15, -0.1) is 11.3 Å². The van der Waals surface area contributed by atoms with E-state index >= 15 is 0 Å². The second-order valence-electron chi connectivity index (χ2n) is 4.26. The van der Waals surface area contributed by atoms with Crippen LogP contribution in [0.25, 0.3) is 0 Å². The van der Waals surface area contributed by atoms with E-state index in [0.29, 0.717) is 0 Å². The molecule has 1 heterocycles. The number of benzene rings is 1. The van der Waals surface area contributed by atoms with Gasteiger partial charge in [-0.1, -0.05) is 23.9 Å². The van der Waals surface area contributed by atoms with Crippen LogP contribution in [0.3, 0.4) is 0 Å². The highest BCUT2D eigenvalue weighted by Crippen LogP contribution is 2.47. The molecule has 1 aromatic heterocycles. The summed E-state index contributed by atoms with van der Waals surface area (Å²) in [5, 5.41) is 10.9. The molecule has 3 nitrogen and oxygen atoms in total. The maximum absolute atomic E-state index is 10.8. The zero-order valence-electron chi connectivity index (χ0n) is 9.45. The molecular formula is C13H11NO2S2. The van der Waals surface area contributed by atoms with Crippen molar-refractivity contribution in [2.75, 3.05) is 0 Å². The summed E-state index contributed by atoms with van der Waals surface area (Å²) >= 11 is 3.25. The number of thiazole rings is 1. The lowest BCUT2D eigenvalue weighted by molar-refractivity contribution is -0.138. The topological polar surface area (TPSA) is 50.2 Å². The summed E-state index contributed by atoms with van der Waals surface area (Å²) in [6.45, 7) is 0. The lowest BCUT2D eigenvalue weighted by Gasteiger charge is -2.01. The maximum Gasteiger partial charge on any atom is 0.307 e. The number of rotatable bonds is 4. The molecular weight excluding hydrogens is 266 g/mol. The minimum Gasteiger partial charge on any atom is -0.481 e. The van der Waals surface area contributed by atoms with Gasteiger partial charge < -0.3 is 5.11 Å². The zero-order chi connectivity index (χ0) is 12.5. The van der Waals surface area contributed by atoms with Gasteiger partial charge in [0.05, 0.1) is 5.92 Å². The summed E-state index contributed by atoms with van der Waals surface area (Å²) < 4.78 is 1.03. The van der Waals surface area contributed by atoms with Gasteiger partial charge in [0.15, 0.2) is 4.34 Å². The number of hydrogen-bond donors (Lipinski definition) is 1. The number of aromatic nitrogens is 1. The quantitative estimate of drug-likeness (QED) is 0.929. The molecule has 0 radical (unpaired) electrons. The van der Waals surface area contributed by atoms with E-state index < -0.39 is 5.97 Å². The lowest BCUT2D eigenvalue weighted by atomic mass is 10.1. The van der Waals surface area contributed by atoms with E-state index in [4.69, 9.17) is 5.11 Å². The minimum atomic E-state index is -0.679. The average Bonchev–Trinajstić information content (AvgIpc) is 3.02. The Morgan fingerprint density at radius 1 is 1.39 bits per heavy atom. The van der Waals surface area contributed by atoms with Gasteiger partial charge in [0.1, 0.15) is 0 Å². The molecule has 2 unspecified atom stereocenters. The van der Waals surface area contributed by atoms with Crippen molar-refractivity contribution in [3.63, 3.8) is 0 Å². The first-order chi connectivity index (χ1) is 8.74. The van der Waals surface area contributed by atoms with Crippen molar-refractivity contribution in [1.29, 1.82) is 0 Å². The van der Waals surface area contributed by atoms with Crippen LogP contribution in [-0.4, -0.2) is 16.1 Å². The Labute approximate surface area is 113 Å². The third-order valence-electron chi connectivity index (χ3n) is 3.03. The van der Waals surface area contributed by atoms with Crippen molar-refractivity contribution < 1.29 is 9.90 Å². The Hall–Kier alpha value is -1.33. The van der Waals surface area contributed by atoms with Crippen molar-refractivity contribution in [3.05, 3.63) is 41.4 Å². The number of aliphatic carboxylic acids is 1. The van der Waals surface area contributed by atoms with E-state index in [9.17, 15) is 4.79 Å². The van der Waals surface area contributed by atoms with Crippen molar-refractivity contribution in [2.45, 2.75) is 21.6 Å². The number of carboxylic acids is 1. The molecule has 0 amide bonds. The van der Waals surface area contributed by atoms with Crippen LogP contribution in [0.1, 0.15) is 17.9 Å². The van der Waals surface area contributed by atoms with E-state index in [-0.39, 0.29) is 11.8 Å². The molecule has 0 aliphatic heterocycles. The molecule has 3 rings (SSSR count). The Bertz CT molecular complexity index is 551. The van der Waals surface area contributed by atoms with Crippen LogP contribution >= 0.6 is 23.1 Å². The third-order valence-corrected chi connectivity index (χ3v) is 4.92. The summed E-state index contributed by atoms with van der Waals surface area (Å²) in [5.41, 5.74) is 1.13. The maximum atomic E-state index is 10.8. The average molecular weight is 277 g/mol. The van der Waals surface area contributed by atoms with Gasteiger partial charge in [-0.3, -0.25) is 4.79 Å². The highest BCUT2D eigenvalue weighted by Gasteiger charge is 2.43. The molecule has 1 aliphatic rings. The number of hydrogen-bond acceptors (Lipinski definition) is 4. The van der Waals surface area contributed by atoms with Crippen LogP contribution in [0, 0.1) is 5.92 Å². The number of carboxylic acid groups (broad SMARTS) is 1. The molecule has 92 valence electrons. The van der Waals surface area contributed by atoms with Crippen LogP contribution < -0.4 is 0 Å². The molecule has 0 saturated heterocycles. The monoisotopic (exact) mass is 277 g/mol. The van der Waals surface area contributed by atoms with Gasteiger partial charge in [0.25, 0.3) is 0 Å². The molecule has 0 spiro atoms. The normalized spacial score (nSPS) is 21.8. The minimum absolute atomic E-state index is 0.178. The second-order valence-corrected chi connectivity index (χ2v) is 6.47. The molecule has 1 aliphatic carbocycles. The van der Waals surface area contributed by atoms with Gasteiger partial charge >= 0.3 is 5.97 Å². The Kier molecular flexibility index (Phi) is 3.09. The molecule has 0 bridgehead atoms. The highest BCUT2D eigenvalue weighted by atomic mass is 32.2. The largest absolute Gasteiger partial charge is 0.481 e. The van der Waals surface area contributed by atoms with Crippen LogP contribution in [-0.2, 0) is 4.79 Å². The SMILES string of the molecule is O=C(O)C1CC1c1ccc(Sc2nccs2)cc1. The van der Waals surface area contributed by atoms with Crippen LogP contribution in [0.4, 0.5) is 0 Å². The van der Waals surface area contributed by atoms with Gasteiger partial charge in [0.2, 0.25) is 0 Å². The first-order valence-corrected chi connectivity index (χ1v) is 7.34. The van der Waals surface area contributed by atoms with Crippen molar-refractivity contribution in [2.24, 2.45) is 5.92 Å². The summed E-state index contributed by atoms with van der Waals surface area (Å²) in [7, 11) is 0. The van der Waals surface area contributed by atoms with Crippen LogP contribution in [0.15, 0.2) is 45.1 Å². The predicted octanol–water partition coefficient (Wildman–Crippen LogP) is 3.48. The van der Waals surface area contributed by atoms with Crippen molar-refractivity contribution in [3.8, 4) is 0 Å². The van der Waals surface area contributed by atoms with E-state index in [1.165, 1.54) is 0 Å². The number of carbonyl (C=O) groups is 1. The molecule has 1 fully saturated rings. The molecule has 1 saturated carbocycles. The van der Waals surface area contributed by atoms with E-state index in [1.807, 2.05) is 29.6 Å². The lowest BCUT2D eigenvalue weighted by Crippen LogP contribution is -1.98. The number of nitrogens with zero attached hydrogens (tertiary/aromatic N) is 1. The van der Waals surface area contributed by atoms with E-state index in [2.05, 4.69) is 4.98 Å². The molecule has 18 heavy (non-hydrogen) atoms. The molecule has 1 N–H and O–H groups in total. The molecule has 2 aromatic rings. The van der Waals surface area contributed by atoms with Crippen LogP contribution in [0.5, 0.6) is 0 Å². The predicted molar refractivity (Wildman–Crippen MR) is 71.2 cm³/mol.